The van der Waals surface area contributed by atoms with Crippen molar-refractivity contribution in [1.29, 1.82) is 0 Å². The summed E-state index contributed by atoms with van der Waals surface area (Å²) in [4.78, 5) is 28.3. The summed E-state index contributed by atoms with van der Waals surface area (Å²) in [5, 5.41) is -0.536. The molecule has 0 N–H and O–H groups in total. The molecule has 3 aromatic carbocycles. The smallest absolute Gasteiger partial charge is 0.447 e. The Morgan fingerprint density at radius 3 is 2.57 bits per heavy atom. The van der Waals surface area contributed by atoms with E-state index in [9.17, 15) is 27.2 Å². The minimum atomic E-state index is -4.98. The van der Waals surface area contributed by atoms with E-state index in [4.69, 9.17) is 16.3 Å². The van der Waals surface area contributed by atoms with Crippen LogP contribution in [0.3, 0.4) is 0 Å². The van der Waals surface area contributed by atoms with Gasteiger partial charge in [0, 0.05) is 31.1 Å². The molecule has 12 heteroatoms. The number of cyclic esters (lactones) is 1. The highest BCUT2D eigenvalue weighted by Crippen LogP contribution is 2.37. The van der Waals surface area contributed by atoms with Gasteiger partial charge in [-0.05, 0) is 41.5 Å². The SMILES string of the molecule is CC(Cc1ccc2c(c1F)CCN(c1cc(OC(F)(F)F)cc(Cl)c1F)C2)C(=O)N1C(=O)OC[C@H]1Cc1ccccc1. The van der Waals surface area contributed by atoms with Crippen molar-refractivity contribution in [2.45, 2.75) is 45.1 Å². The van der Waals surface area contributed by atoms with Crippen LogP contribution in [0.2, 0.25) is 5.02 Å². The number of halogens is 6. The van der Waals surface area contributed by atoms with Crippen molar-refractivity contribution in [2.75, 3.05) is 18.1 Å². The molecule has 222 valence electrons. The van der Waals surface area contributed by atoms with E-state index in [1.54, 1.807) is 13.0 Å². The number of fused-ring (bicyclic) bond motifs is 1. The summed E-state index contributed by atoms with van der Waals surface area (Å²) >= 11 is 5.82. The van der Waals surface area contributed by atoms with E-state index in [1.165, 1.54) is 11.0 Å². The molecule has 0 aliphatic carbocycles. The Hall–Kier alpha value is -3.86. The molecule has 0 saturated carbocycles. The molecule has 1 unspecified atom stereocenters. The second-order valence-electron chi connectivity index (χ2n) is 10.4. The molecule has 0 spiro atoms. The van der Waals surface area contributed by atoms with Crippen molar-refractivity contribution in [1.82, 2.24) is 4.90 Å². The van der Waals surface area contributed by atoms with Gasteiger partial charge in [-0.25, -0.2) is 18.5 Å². The summed E-state index contributed by atoms with van der Waals surface area (Å²) < 4.78 is 77.7. The quantitative estimate of drug-likeness (QED) is 0.275. The molecule has 1 fully saturated rings. The summed E-state index contributed by atoms with van der Waals surface area (Å²) in [6.07, 6.45) is -5.11. The second-order valence-corrected chi connectivity index (χ2v) is 10.8. The highest BCUT2D eigenvalue weighted by molar-refractivity contribution is 6.31. The van der Waals surface area contributed by atoms with Crippen molar-refractivity contribution < 1.29 is 41.0 Å². The maximum Gasteiger partial charge on any atom is 0.573 e. The van der Waals surface area contributed by atoms with E-state index in [1.807, 2.05) is 30.3 Å². The van der Waals surface area contributed by atoms with E-state index in [2.05, 4.69) is 4.74 Å². The van der Waals surface area contributed by atoms with Crippen molar-refractivity contribution in [2.24, 2.45) is 5.92 Å². The van der Waals surface area contributed by atoms with E-state index in [-0.39, 0.29) is 43.8 Å². The van der Waals surface area contributed by atoms with Crippen molar-refractivity contribution in [3.05, 3.63) is 93.5 Å². The highest BCUT2D eigenvalue weighted by atomic mass is 35.5. The van der Waals surface area contributed by atoms with E-state index < -0.39 is 52.7 Å². The van der Waals surface area contributed by atoms with Gasteiger partial charge in [0.05, 0.1) is 16.8 Å². The number of anilines is 1. The average molecular weight is 609 g/mol. The van der Waals surface area contributed by atoms with Gasteiger partial charge < -0.3 is 14.4 Å². The predicted octanol–water partition coefficient (Wildman–Crippen LogP) is 6.85. The van der Waals surface area contributed by atoms with Crippen LogP contribution < -0.4 is 9.64 Å². The normalized spacial score (nSPS) is 17.6. The zero-order valence-electron chi connectivity index (χ0n) is 22.4. The molecule has 0 radical (unpaired) electrons. The molecule has 2 atom stereocenters. The standard InChI is InChI=1S/C30H26ClF5N2O4/c1-17(28(39)38-21(16-41-29(38)40)12-18-5-3-2-4-6-18)11-19-7-8-20-15-37(10-9-23(20)26(19)32)25-14-22(42-30(34,35)36)13-24(31)27(25)33/h2-8,13-14,17,21H,9-12,15-16H2,1H3/t17?,21-/m1/s1. The number of alkyl halides is 3. The lowest BCUT2D eigenvalue weighted by Gasteiger charge is -2.32. The Labute approximate surface area is 243 Å². The Balaban J connectivity index is 1.30. The van der Waals surface area contributed by atoms with Crippen LogP contribution in [0.4, 0.5) is 32.4 Å². The van der Waals surface area contributed by atoms with Crippen LogP contribution in [-0.4, -0.2) is 42.5 Å². The molecule has 6 nitrogen and oxygen atoms in total. The first-order valence-corrected chi connectivity index (χ1v) is 13.6. The minimum Gasteiger partial charge on any atom is -0.447 e. The Morgan fingerprint density at radius 2 is 1.86 bits per heavy atom. The highest BCUT2D eigenvalue weighted by Gasteiger charge is 2.40. The number of carbonyl (C=O) groups excluding carboxylic acids is 2. The van der Waals surface area contributed by atoms with Gasteiger partial charge in [-0.2, -0.15) is 0 Å². The molecular weight excluding hydrogens is 583 g/mol. The van der Waals surface area contributed by atoms with E-state index in [0.29, 0.717) is 17.5 Å². The molecule has 0 aromatic heterocycles. The molecule has 1 saturated heterocycles. The first-order chi connectivity index (χ1) is 19.9. The maximum absolute atomic E-state index is 15.6. The van der Waals surface area contributed by atoms with Gasteiger partial charge in [0.2, 0.25) is 5.91 Å². The summed E-state index contributed by atoms with van der Waals surface area (Å²) in [6.45, 7) is 1.82. The molecule has 5 rings (SSSR count). The van der Waals surface area contributed by atoms with Gasteiger partial charge in [0.15, 0.2) is 5.82 Å². The van der Waals surface area contributed by atoms with Gasteiger partial charge >= 0.3 is 12.5 Å². The summed E-state index contributed by atoms with van der Waals surface area (Å²) in [5.41, 5.74) is 1.93. The lowest BCUT2D eigenvalue weighted by molar-refractivity contribution is -0.274. The van der Waals surface area contributed by atoms with Crippen molar-refractivity contribution >= 4 is 29.3 Å². The fourth-order valence-corrected chi connectivity index (χ4v) is 5.62. The third kappa shape index (κ3) is 6.30. The lowest BCUT2D eigenvalue weighted by atomic mass is 9.91. The number of hydrogen-bond donors (Lipinski definition) is 0. The number of benzene rings is 3. The summed E-state index contributed by atoms with van der Waals surface area (Å²) in [6, 6.07) is 13.8. The number of imide groups is 1. The number of carbonyl (C=O) groups is 2. The predicted molar refractivity (Wildman–Crippen MR) is 144 cm³/mol. The molecule has 2 amide bonds. The average Bonchev–Trinajstić information content (AvgIpc) is 3.30. The van der Waals surface area contributed by atoms with Gasteiger partial charge in [-0.1, -0.05) is 61.0 Å². The van der Waals surface area contributed by atoms with Crippen LogP contribution in [0.5, 0.6) is 5.75 Å². The number of hydrogen-bond acceptors (Lipinski definition) is 5. The van der Waals surface area contributed by atoms with Gasteiger partial charge in [-0.15, -0.1) is 13.2 Å². The Morgan fingerprint density at radius 1 is 1.12 bits per heavy atom. The summed E-state index contributed by atoms with van der Waals surface area (Å²) in [5.74, 6) is -3.28. The van der Waals surface area contributed by atoms with Crippen LogP contribution >= 0.6 is 11.6 Å². The molecule has 2 aliphatic heterocycles. The number of rotatable bonds is 7. The minimum absolute atomic E-state index is 0.0184. The molecular formula is C30H26ClF5N2O4. The van der Waals surface area contributed by atoms with E-state index >= 15 is 4.39 Å². The van der Waals surface area contributed by atoms with Crippen LogP contribution in [0.1, 0.15) is 29.2 Å². The van der Waals surface area contributed by atoms with Gasteiger partial charge in [0.1, 0.15) is 18.2 Å². The molecule has 42 heavy (non-hydrogen) atoms. The first-order valence-electron chi connectivity index (χ1n) is 13.2. The van der Waals surface area contributed by atoms with Gasteiger partial charge in [-0.3, -0.25) is 4.79 Å². The van der Waals surface area contributed by atoms with Gasteiger partial charge in [0.25, 0.3) is 0 Å². The largest absolute Gasteiger partial charge is 0.573 e. The molecule has 3 aromatic rings. The van der Waals surface area contributed by atoms with E-state index in [0.717, 1.165) is 22.6 Å². The molecule has 2 aliphatic rings. The monoisotopic (exact) mass is 608 g/mol. The zero-order valence-corrected chi connectivity index (χ0v) is 23.1. The second kappa shape index (κ2) is 11.8. The summed E-state index contributed by atoms with van der Waals surface area (Å²) in [7, 11) is 0. The maximum atomic E-state index is 15.6. The first kappa shape index (κ1) is 29.6. The molecule has 2 heterocycles. The third-order valence-electron chi connectivity index (χ3n) is 7.43. The fourth-order valence-electron chi connectivity index (χ4n) is 5.42. The van der Waals surface area contributed by atoms with Crippen LogP contribution in [0, 0.1) is 17.6 Å². The van der Waals surface area contributed by atoms with Crippen LogP contribution in [0.25, 0.3) is 0 Å². The Bertz CT molecular complexity index is 1500. The number of amides is 2. The zero-order chi connectivity index (χ0) is 30.2. The Kier molecular flexibility index (Phi) is 8.32. The van der Waals surface area contributed by atoms with Crippen LogP contribution in [-0.2, 0) is 35.3 Å². The van der Waals surface area contributed by atoms with Crippen LogP contribution in [0.15, 0.2) is 54.6 Å². The van der Waals surface area contributed by atoms with Crippen molar-refractivity contribution in [3.63, 3.8) is 0 Å². The third-order valence-corrected chi connectivity index (χ3v) is 7.71. The molecule has 0 bridgehead atoms. The fraction of sp³-hybridized carbons (Fsp3) is 0.333. The lowest BCUT2D eigenvalue weighted by Crippen LogP contribution is -2.43. The number of ether oxygens (including phenoxy) is 2. The number of nitrogens with zero attached hydrogens (tertiary/aromatic N) is 2. The topological polar surface area (TPSA) is 59.1 Å². The van der Waals surface area contributed by atoms with Crippen molar-refractivity contribution in [3.8, 4) is 5.75 Å².